The van der Waals surface area contributed by atoms with E-state index < -0.39 is 12.0 Å². The summed E-state index contributed by atoms with van der Waals surface area (Å²) in [6, 6.07) is 0.229. The first-order valence-electron chi connectivity index (χ1n) is 7.04. The number of aliphatic carboxylic acids is 1. The van der Waals surface area contributed by atoms with Gasteiger partial charge in [-0.2, -0.15) is 9.47 Å². The molecule has 1 fully saturated rings. The number of hydrogen-bond donors (Lipinski definition) is 0. The van der Waals surface area contributed by atoms with Gasteiger partial charge < -0.3 is 14.6 Å². The van der Waals surface area contributed by atoms with Gasteiger partial charge >= 0.3 is 12.0 Å². The maximum absolute atomic E-state index is 12.8. The van der Waals surface area contributed by atoms with E-state index in [1.807, 2.05) is 13.8 Å². The number of methoxy groups -OCH3 is 1. The predicted molar refractivity (Wildman–Crippen MR) is 76.9 cm³/mol. The molecule has 2 heterocycles. The number of carbonyl (C=O) groups is 2. The summed E-state index contributed by atoms with van der Waals surface area (Å²) in [7, 11) is 2.93. The fourth-order valence-corrected chi connectivity index (χ4v) is 2.84. The second kappa shape index (κ2) is 5.88. The van der Waals surface area contributed by atoms with Crippen molar-refractivity contribution in [1.82, 2.24) is 19.4 Å². The highest BCUT2D eigenvalue weighted by atomic mass is 16.5. The monoisotopic (exact) mass is 308 g/mol. The number of nitrogens with zero attached hydrogens (tertiary/aromatic N) is 4. The van der Waals surface area contributed by atoms with Gasteiger partial charge in [-0.3, -0.25) is 4.90 Å². The van der Waals surface area contributed by atoms with Gasteiger partial charge in [0.2, 0.25) is 5.88 Å². The molecule has 2 rings (SSSR count). The predicted octanol–water partition coefficient (Wildman–Crippen LogP) is -0.368. The molecule has 2 amide bonds. The summed E-state index contributed by atoms with van der Waals surface area (Å²) in [4.78, 5) is 33.7. The number of urea groups is 1. The van der Waals surface area contributed by atoms with Crippen molar-refractivity contribution in [2.24, 2.45) is 5.92 Å². The number of ether oxygens (including phenoxy) is 1. The molecule has 0 aromatic carbocycles. The molecule has 0 radical (unpaired) electrons. The van der Waals surface area contributed by atoms with E-state index in [-0.39, 0.29) is 28.9 Å². The lowest BCUT2D eigenvalue weighted by molar-refractivity contribution is -0.309. The maximum atomic E-state index is 12.8. The number of carbonyl (C=O) groups excluding carboxylic acids is 2. The van der Waals surface area contributed by atoms with Crippen molar-refractivity contribution in [1.29, 1.82) is 0 Å². The Balaban J connectivity index is 2.53. The zero-order valence-electron chi connectivity index (χ0n) is 13.1. The molecule has 0 N–H and O–H groups in total. The number of aromatic nitrogens is 2. The molecule has 2 unspecified atom stereocenters. The zero-order chi connectivity index (χ0) is 16.5. The Kier molecular flexibility index (Phi) is 4.32. The summed E-state index contributed by atoms with van der Waals surface area (Å²) in [6.07, 6.45) is 1.50. The summed E-state index contributed by atoms with van der Waals surface area (Å²) >= 11 is 0. The van der Waals surface area contributed by atoms with Gasteiger partial charge in [0, 0.05) is 25.2 Å². The highest BCUT2D eigenvalue weighted by Gasteiger charge is 2.55. The van der Waals surface area contributed by atoms with Crippen molar-refractivity contribution in [3.63, 3.8) is 0 Å². The minimum absolute atomic E-state index is 0.0447. The third-order valence-corrected chi connectivity index (χ3v) is 3.78. The van der Waals surface area contributed by atoms with Crippen LogP contribution in [0.15, 0.2) is 12.3 Å². The quantitative estimate of drug-likeness (QED) is 0.689. The number of likely N-dealkylation sites (N-methyl/N-ethyl adjacent to an activating group) is 1. The Bertz CT molecular complexity index is 592. The van der Waals surface area contributed by atoms with Crippen molar-refractivity contribution in [3.8, 4) is 5.88 Å². The van der Waals surface area contributed by atoms with E-state index >= 15 is 0 Å². The van der Waals surface area contributed by atoms with Crippen molar-refractivity contribution in [2.45, 2.75) is 19.9 Å². The molecule has 22 heavy (non-hydrogen) atoms. The SMILES string of the molecule is COc1ccnc([N+]2(CC(C)C)CC(C(=O)[O-])N(C)C2=O)n1. The molecule has 0 bridgehead atoms. The number of carboxylic acids is 1. The van der Waals surface area contributed by atoms with Crippen LogP contribution in [0.5, 0.6) is 5.88 Å². The molecule has 1 aromatic heterocycles. The van der Waals surface area contributed by atoms with Crippen molar-refractivity contribution < 1.29 is 19.4 Å². The van der Waals surface area contributed by atoms with E-state index in [1.165, 1.54) is 25.3 Å². The van der Waals surface area contributed by atoms with Crippen molar-refractivity contribution >= 4 is 17.9 Å². The number of hydrogen-bond acceptors (Lipinski definition) is 6. The van der Waals surface area contributed by atoms with Crippen LogP contribution in [0, 0.1) is 5.92 Å². The third kappa shape index (κ3) is 2.61. The van der Waals surface area contributed by atoms with Crippen LogP contribution in [-0.4, -0.2) is 60.2 Å². The molecule has 0 aliphatic carbocycles. The number of rotatable bonds is 5. The van der Waals surface area contributed by atoms with Crippen molar-refractivity contribution in [2.75, 3.05) is 27.2 Å². The Morgan fingerprint density at radius 3 is 2.77 bits per heavy atom. The minimum atomic E-state index is -1.28. The van der Waals surface area contributed by atoms with Gasteiger partial charge in [0.1, 0.15) is 12.6 Å². The summed E-state index contributed by atoms with van der Waals surface area (Å²) in [5.41, 5.74) is 0. The number of amides is 2. The molecule has 1 aromatic rings. The lowest BCUT2D eigenvalue weighted by atomic mass is 10.1. The number of carboxylic acid groups (broad SMARTS) is 1. The average molecular weight is 308 g/mol. The summed E-state index contributed by atoms with van der Waals surface area (Å²) in [6.45, 7) is 4.36. The summed E-state index contributed by atoms with van der Waals surface area (Å²) < 4.78 is 4.84. The zero-order valence-corrected chi connectivity index (χ0v) is 13.1. The van der Waals surface area contributed by atoms with Crippen LogP contribution >= 0.6 is 0 Å². The second-order valence-electron chi connectivity index (χ2n) is 5.85. The van der Waals surface area contributed by atoms with Crippen LogP contribution in [0.4, 0.5) is 10.7 Å². The molecule has 8 heteroatoms. The Morgan fingerprint density at radius 1 is 1.59 bits per heavy atom. The van der Waals surface area contributed by atoms with Gasteiger partial charge in [0.15, 0.2) is 0 Å². The van der Waals surface area contributed by atoms with Crippen LogP contribution in [0.1, 0.15) is 13.8 Å². The van der Waals surface area contributed by atoms with Gasteiger partial charge in [-0.25, -0.2) is 4.79 Å². The van der Waals surface area contributed by atoms with Crippen LogP contribution in [0.2, 0.25) is 0 Å². The Hall–Kier alpha value is -2.22. The van der Waals surface area contributed by atoms with Crippen LogP contribution in [-0.2, 0) is 4.79 Å². The molecule has 8 nitrogen and oxygen atoms in total. The van der Waals surface area contributed by atoms with E-state index in [0.29, 0.717) is 12.4 Å². The van der Waals surface area contributed by atoms with Gasteiger partial charge in [-0.05, 0) is 0 Å². The minimum Gasteiger partial charge on any atom is -0.548 e. The topological polar surface area (TPSA) is 95.5 Å². The fraction of sp³-hybridized carbons (Fsp3) is 0.571. The standard InChI is InChI=1S/C14H20N4O4/c1-9(2)7-18(13-15-6-5-11(16-13)22-4)8-10(12(19)20)17(3)14(18)21/h5-6,9-10H,7-8H2,1-4H3. The van der Waals surface area contributed by atoms with E-state index in [1.54, 1.807) is 6.07 Å². The van der Waals surface area contributed by atoms with Gasteiger partial charge in [0.05, 0.1) is 19.6 Å². The summed E-state index contributed by atoms with van der Waals surface area (Å²) in [5.74, 6) is -0.553. The van der Waals surface area contributed by atoms with E-state index in [2.05, 4.69) is 9.97 Å². The molecule has 120 valence electrons. The van der Waals surface area contributed by atoms with Crippen LogP contribution < -0.4 is 14.3 Å². The molecule has 1 aliphatic heterocycles. The lowest BCUT2D eigenvalue weighted by Gasteiger charge is -2.29. The maximum Gasteiger partial charge on any atom is 0.427 e. The first-order valence-corrected chi connectivity index (χ1v) is 7.04. The van der Waals surface area contributed by atoms with Gasteiger partial charge in [-0.15, -0.1) is 4.98 Å². The first-order chi connectivity index (χ1) is 10.3. The smallest absolute Gasteiger partial charge is 0.427 e. The molecule has 2 atom stereocenters. The Morgan fingerprint density at radius 2 is 2.27 bits per heavy atom. The molecular weight excluding hydrogens is 288 g/mol. The third-order valence-electron chi connectivity index (χ3n) is 3.78. The first kappa shape index (κ1) is 16.2. The molecule has 0 spiro atoms. The molecule has 1 saturated heterocycles. The van der Waals surface area contributed by atoms with E-state index in [9.17, 15) is 14.7 Å². The lowest BCUT2D eigenvalue weighted by Crippen LogP contribution is -2.55. The largest absolute Gasteiger partial charge is 0.548 e. The molecule has 0 saturated carbocycles. The van der Waals surface area contributed by atoms with Crippen molar-refractivity contribution in [3.05, 3.63) is 12.3 Å². The number of quaternary nitrogens is 1. The molecule has 1 aliphatic rings. The van der Waals surface area contributed by atoms with Crippen LogP contribution in [0.25, 0.3) is 0 Å². The van der Waals surface area contributed by atoms with E-state index in [0.717, 1.165) is 0 Å². The van der Waals surface area contributed by atoms with E-state index in [4.69, 9.17) is 4.74 Å². The highest BCUT2D eigenvalue weighted by Crippen LogP contribution is 2.31. The summed E-state index contributed by atoms with van der Waals surface area (Å²) in [5, 5.41) is 11.3. The fourth-order valence-electron chi connectivity index (χ4n) is 2.84. The second-order valence-corrected chi connectivity index (χ2v) is 5.85. The average Bonchev–Trinajstić information content (AvgIpc) is 2.73. The highest BCUT2D eigenvalue weighted by molar-refractivity contribution is 5.93. The normalized spacial score (nSPS) is 24.9. The van der Waals surface area contributed by atoms with Crippen LogP contribution in [0.3, 0.4) is 0 Å². The van der Waals surface area contributed by atoms with Gasteiger partial charge in [-0.1, -0.05) is 13.8 Å². The van der Waals surface area contributed by atoms with Gasteiger partial charge in [0.25, 0.3) is 0 Å². The molecular formula is C14H20N4O4. The Labute approximate surface area is 128 Å².